The van der Waals surface area contributed by atoms with Crippen LogP contribution in [0.3, 0.4) is 0 Å². The summed E-state index contributed by atoms with van der Waals surface area (Å²) >= 11 is 5.74. The van der Waals surface area contributed by atoms with Gasteiger partial charge in [0.2, 0.25) is 0 Å². The van der Waals surface area contributed by atoms with Gasteiger partial charge in [-0.05, 0) is 24.5 Å². The highest BCUT2D eigenvalue weighted by Crippen LogP contribution is 2.27. The van der Waals surface area contributed by atoms with Crippen LogP contribution < -0.4 is 0 Å². The average molecular weight is 256 g/mol. The Bertz CT molecular complexity index is 416. The number of nitro groups is 1. The average Bonchev–Trinajstić information content (AvgIpc) is 2.80. The Morgan fingerprint density at radius 3 is 2.76 bits per heavy atom. The van der Waals surface area contributed by atoms with Crippen molar-refractivity contribution in [3.63, 3.8) is 0 Å². The van der Waals surface area contributed by atoms with Crippen LogP contribution >= 0.6 is 11.6 Å². The van der Waals surface area contributed by atoms with Crippen LogP contribution in [0.1, 0.15) is 31.2 Å². The predicted octanol–water partition coefficient (Wildman–Crippen LogP) is 3.71. The number of hydrogen-bond acceptors (Lipinski definition) is 3. The number of benzene rings is 1. The van der Waals surface area contributed by atoms with Gasteiger partial charge in [-0.1, -0.05) is 30.5 Å². The molecule has 0 aromatic heterocycles. The van der Waals surface area contributed by atoms with Crippen LogP contribution in [-0.2, 0) is 11.3 Å². The minimum absolute atomic E-state index is 0.0563. The summed E-state index contributed by atoms with van der Waals surface area (Å²) in [5, 5.41) is 10.9. The van der Waals surface area contributed by atoms with Gasteiger partial charge < -0.3 is 4.74 Å². The Kier molecular flexibility index (Phi) is 3.97. The van der Waals surface area contributed by atoms with Gasteiger partial charge in [0.15, 0.2) is 0 Å². The third-order valence-corrected chi connectivity index (χ3v) is 3.31. The molecule has 17 heavy (non-hydrogen) atoms. The van der Waals surface area contributed by atoms with E-state index in [1.807, 2.05) is 0 Å². The number of nitrogens with zero attached hydrogens (tertiary/aromatic N) is 1. The maximum absolute atomic E-state index is 10.7. The van der Waals surface area contributed by atoms with E-state index in [4.69, 9.17) is 16.3 Å². The smallest absolute Gasteiger partial charge is 0.288 e. The molecule has 0 saturated heterocycles. The minimum Gasteiger partial charge on any atom is -0.374 e. The van der Waals surface area contributed by atoms with Crippen LogP contribution in [-0.4, -0.2) is 11.0 Å². The van der Waals surface area contributed by atoms with E-state index in [0.29, 0.717) is 12.7 Å². The first-order chi connectivity index (χ1) is 8.16. The van der Waals surface area contributed by atoms with E-state index in [0.717, 1.165) is 18.4 Å². The highest BCUT2D eigenvalue weighted by molar-refractivity contribution is 6.32. The van der Waals surface area contributed by atoms with E-state index in [1.54, 1.807) is 12.1 Å². The molecule has 0 amide bonds. The minimum atomic E-state index is -0.471. The standard InChI is InChI=1S/C12H14ClNO3/c13-11-6-5-9(7-12(11)14(15)16)8-17-10-3-1-2-4-10/h5-7,10H,1-4,8H2. The van der Waals surface area contributed by atoms with Crippen molar-refractivity contribution in [3.8, 4) is 0 Å². The summed E-state index contributed by atoms with van der Waals surface area (Å²) in [6.07, 6.45) is 4.92. The maximum atomic E-state index is 10.7. The fourth-order valence-corrected chi connectivity index (χ4v) is 2.24. The Morgan fingerprint density at radius 2 is 2.12 bits per heavy atom. The quantitative estimate of drug-likeness (QED) is 0.609. The lowest BCUT2D eigenvalue weighted by atomic mass is 10.2. The number of halogens is 1. The van der Waals surface area contributed by atoms with E-state index in [1.165, 1.54) is 18.9 Å². The highest BCUT2D eigenvalue weighted by atomic mass is 35.5. The summed E-state index contributed by atoms with van der Waals surface area (Å²) < 4.78 is 5.70. The molecule has 0 atom stereocenters. The number of ether oxygens (including phenoxy) is 1. The van der Waals surface area contributed by atoms with Gasteiger partial charge in [-0.3, -0.25) is 10.1 Å². The lowest BCUT2D eigenvalue weighted by molar-refractivity contribution is -0.384. The van der Waals surface area contributed by atoms with E-state index in [-0.39, 0.29) is 10.7 Å². The number of rotatable bonds is 4. The monoisotopic (exact) mass is 255 g/mol. The second-order valence-electron chi connectivity index (χ2n) is 4.26. The summed E-state index contributed by atoms with van der Waals surface area (Å²) in [5.41, 5.74) is 0.743. The van der Waals surface area contributed by atoms with Crippen molar-refractivity contribution in [2.45, 2.75) is 38.4 Å². The van der Waals surface area contributed by atoms with Crippen molar-refractivity contribution in [1.29, 1.82) is 0 Å². The van der Waals surface area contributed by atoms with Gasteiger partial charge in [-0.2, -0.15) is 0 Å². The SMILES string of the molecule is O=[N+]([O-])c1cc(COC2CCCC2)ccc1Cl. The molecule has 1 aromatic carbocycles. The molecular weight excluding hydrogens is 242 g/mol. The molecular formula is C12H14ClNO3. The predicted molar refractivity (Wildman–Crippen MR) is 65.2 cm³/mol. The second-order valence-corrected chi connectivity index (χ2v) is 4.67. The van der Waals surface area contributed by atoms with Gasteiger partial charge in [0.25, 0.3) is 5.69 Å². The number of nitro benzene ring substituents is 1. The fraction of sp³-hybridized carbons (Fsp3) is 0.500. The van der Waals surface area contributed by atoms with Gasteiger partial charge in [0.1, 0.15) is 5.02 Å². The lowest BCUT2D eigenvalue weighted by Crippen LogP contribution is -2.07. The Balaban J connectivity index is 2.00. The zero-order valence-electron chi connectivity index (χ0n) is 9.39. The molecule has 1 saturated carbocycles. The van der Waals surface area contributed by atoms with Gasteiger partial charge in [-0.15, -0.1) is 0 Å². The zero-order chi connectivity index (χ0) is 12.3. The van der Waals surface area contributed by atoms with Crippen LogP contribution in [0.5, 0.6) is 0 Å². The molecule has 1 fully saturated rings. The fourth-order valence-electron chi connectivity index (χ4n) is 2.06. The molecule has 0 N–H and O–H groups in total. The van der Waals surface area contributed by atoms with Gasteiger partial charge in [-0.25, -0.2) is 0 Å². The maximum Gasteiger partial charge on any atom is 0.288 e. The zero-order valence-corrected chi connectivity index (χ0v) is 10.2. The Morgan fingerprint density at radius 1 is 1.41 bits per heavy atom. The third kappa shape index (κ3) is 3.17. The van der Waals surface area contributed by atoms with E-state index >= 15 is 0 Å². The molecule has 1 aliphatic rings. The molecule has 0 heterocycles. The molecule has 4 nitrogen and oxygen atoms in total. The summed E-state index contributed by atoms with van der Waals surface area (Å²) in [6, 6.07) is 4.80. The van der Waals surface area contributed by atoms with Crippen molar-refractivity contribution in [1.82, 2.24) is 0 Å². The van der Waals surface area contributed by atoms with Crippen molar-refractivity contribution in [2.75, 3.05) is 0 Å². The van der Waals surface area contributed by atoms with E-state index < -0.39 is 4.92 Å². The van der Waals surface area contributed by atoms with Crippen LogP contribution in [0.15, 0.2) is 18.2 Å². The first-order valence-corrected chi connectivity index (χ1v) is 6.09. The molecule has 0 spiro atoms. The normalized spacial score (nSPS) is 16.3. The first kappa shape index (κ1) is 12.3. The van der Waals surface area contributed by atoms with Crippen molar-refractivity contribution in [3.05, 3.63) is 38.9 Å². The second kappa shape index (κ2) is 5.47. The molecule has 92 valence electrons. The van der Waals surface area contributed by atoms with E-state index in [9.17, 15) is 10.1 Å². The van der Waals surface area contributed by atoms with Gasteiger partial charge >= 0.3 is 0 Å². The molecule has 1 aliphatic carbocycles. The van der Waals surface area contributed by atoms with Crippen LogP contribution in [0.4, 0.5) is 5.69 Å². The summed E-state index contributed by atoms with van der Waals surface area (Å²) in [5.74, 6) is 0. The Labute approximate surface area is 105 Å². The highest BCUT2D eigenvalue weighted by Gasteiger charge is 2.17. The molecule has 1 aromatic rings. The summed E-state index contributed by atoms with van der Waals surface area (Å²) in [6.45, 7) is 0.419. The molecule has 0 radical (unpaired) electrons. The van der Waals surface area contributed by atoms with Gasteiger partial charge in [0, 0.05) is 6.07 Å². The summed E-state index contributed by atoms with van der Waals surface area (Å²) in [4.78, 5) is 10.2. The summed E-state index contributed by atoms with van der Waals surface area (Å²) in [7, 11) is 0. The molecule has 0 aliphatic heterocycles. The lowest BCUT2D eigenvalue weighted by Gasteiger charge is -2.10. The molecule has 2 rings (SSSR count). The molecule has 0 bridgehead atoms. The molecule has 5 heteroatoms. The third-order valence-electron chi connectivity index (χ3n) is 3.00. The first-order valence-electron chi connectivity index (χ1n) is 5.71. The van der Waals surface area contributed by atoms with Crippen LogP contribution in [0, 0.1) is 10.1 Å². The number of hydrogen-bond donors (Lipinski definition) is 0. The largest absolute Gasteiger partial charge is 0.374 e. The van der Waals surface area contributed by atoms with Crippen molar-refractivity contribution >= 4 is 17.3 Å². The van der Waals surface area contributed by atoms with Crippen LogP contribution in [0.2, 0.25) is 5.02 Å². The van der Waals surface area contributed by atoms with Crippen molar-refractivity contribution < 1.29 is 9.66 Å². The Hall–Kier alpha value is -1.13. The molecule has 0 unspecified atom stereocenters. The van der Waals surface area contributed by atoms with Crippen molar-refractivity contribution in [2.24, 2.45) is 0 Å². The topological polar surface area (TPSA) is 52.4 Å². The van der Waals surface area contributed by atoms with Gasteiger partial charge in [0.05, 0.1) is 17.6 Å². The van der Waals surface area contributed by atoms with Crippen LogP contribution in [0.25, 0.3) is 0 Å². The van der Waals surface area contributed by atoms with E-state index in [2.05, 4.69) is 0 Å².